The molecule has 0 atom stereocenters. The lowest BCUT2D eigenvalue weighted by molar-refractivity contribution is -0.294. The third kappa shape index (κ3) is 4.29. The molecule has 0 heterocycles. The van der Waals surface area contributed by atoms with Crippen molar-refractivity contribution in [1.29, 1.82) is 0 Å². The minimum atomic E-state index is -5.90. The normalized spacial score (nSPS) is 12.6. The molecule has 10 heteroatoms. The third-order valence-corrected chi connectivity index (χ3v) is 3.97. The molecule has 0 radical (unpaired) electrons. The van der Waals surface area contributed by atoms with Crippen LogP contribution in [0.4, 0.5) is 32.0 Å². The quantitative estimate of drug-likeness (QED) is 0.529. The summed E-state index contributed by atoms with van der Waals surface area (Å²) in [6.07, 6.45) is -11.8. The fourth-order valence-electron chi connectivity index (χ4n) is 2.29. The average molecular weight is 411 g/mol. The molecule has 27 heavy (non-hydrogen) atoms. The molecule has 0 aliphatic carbocycles. The van der Waals surface area contributed by atoms with Gasteiger partial charge < -0.3 is 10.6 Å². The Morgan fingerprint density at radius 1 is 0.889 bits per heavy atom. The molecule has 146 valence electrons. The van der Waals surface area contributed by atoms with Gasteiger partial charge in [-0.2, -0.15) is 26.3 Å². The van der Waals surface area contributed by atoms with E-state index < -0.39 is 29.6 Å². The first-order valence-corrected chi connectivity index (χ1v) is 7.80. The summed E-state index contributed by atoms with van der Waals surface area (Å²) < 4.78 is 81.5. The zero-order valence-corrected chi connectivity index (χ0v) is 14.4. The highest BCUT2D eigenvalue weighted by Crippen LogP contribution is 2.43. The van der Waals surface area contributed by atoms with Gasteiger partial charge in [-0.1, -0.05) is 29.8 Å². The second-order valence-electron chi connectivity index (χ2n) is 5.65. The van der Waals surface area contributed by atoms with Crippen LogP contribution in [-0.4, -0.2) is 23.9 Å². The van der Waals surface area contributed by atoms with E-state index in [4.69, 9.17) is 11.6 Å². The number of benzene rings is 2. The van der Waals surface area contributed by atoms with Crippen molar-refractivity contribution in [3.05, 3.63) is 64.7 Å². The van der Waals surface area contributed by atoms with Crippen molar-refractivity contribution in [3.8, 4) is 0 Å². The predicted molar refractivity (Wildman–Crippen MR) is 88.6 cm³/mol. The fourth-order valence-corrected chi connectivity index (χ4v) is 2.42. The molecule has 2 aromatic rings. The van der Waals surface area contributed by atoms with E-state index in [1.54, 1.807) is 0 Å². The topological polar surface area (TPSA) is 41.1 Å². The second-order valence-corrected chi connectivity index (χ2v) is 6.08. The van der Waals surface area contributed by atoms with Crippen molar-refractivity contribution in [2.45, 2.75) is 24.9 Å². The van der Waals surface area contributed by atoms with Gasteiger partial charge in [-0.05, 0) is 42.8 Å². The zero-order chi connectivity index (χ0) is 20.5. The summed E-state index contributed by atoms with van der Waals surface area (Å²) in [5.74, 6) is -1.52. The predicted octanol–water partition coefficient (Wildman–Crippen LogP) is 5.31. The largest absolute Gasteiger partial charge is 0.439 e. The van der Waals surface area contributed by atoms with E-state index >= 15 is 0 Å². The highest BCUT2D eigenvalue weighted by molar-refractivity contribution is 6.30. The van der Waals surface area contributed by atoms with Gasteiger partial charge in [0.2, 0.25) is 0 Å². The molecule has 0 saturated heterocycles. The van der Waals surface area contributed by atoms with Crippen LogP contribution < -0.4 is 10.6 Å². The van der Waals surface area contributed by atoms with E-state index in [0.29, 0.717) is 0 Å². The molecule has 2 N–H and O–H groups in total. The van der Waals surface area contributed by atoms with Gasteiger partial charge in [0, 0.05) is 16.3 Å². The Hall–Kier alpha value is -2.42. The Balaban J connectivity index is 2.53. The summed E-state index contributed by atoms with van der Waals surface area (Å²) in [5, 5.41) is 2.60. The van der Waals surface area contributed by atoms with E-state index in [2.05, 4.69) is 0 Å². The number of carbonyl (C=O) groups excluding carboxylic acids is 1. The molecule has 0 unspecified atom stereocenters. The molecular formula is C17H13ClF6N2O. The van der Waals surface area contributed by atoms with Gasteiger partial charge in [0.05, 0.1) is 0 Å². The van der Waals surface area contributed by atoms with E-state index in [-0.39, 0.29) is 16.1 Å². The van der Waals surface area contributed by atoms with Crippen LogP contribution in [0, 0.1) is 6.92 Å². The van der Waals surface area contributed by atoms with Crippen molar-refractivity contribution < 1.29 is 31.1 Å². The summed E-state index contributed by atoms with van der Waals surface area (Å²) in [6.45, 7) is 1.39. The first-order valence-electron chi connectivity index (χ1n) is 7.43. The lowest BCUT2D eigenvalue weighted by atomic mass is 10.0. The lowest BCUT2D eigenvalue weighted by Crippen LogP contribution is -2.72. The minimum absolute atomic E-state index is 0.120. The molecule has 0 aromatic heterocycles. The van der Waals surface area contributed by atoms with Crippen molar-refractivity contribution in [2.24, 2.45) is 0 Å². The van der Waals surface area contributed by atoms with Crippen molar-refractivity contribution in [3.63, 3.8) is 0 Å². The summed E-state index contributed by atoms with van der Waals surface area (Å²) in [6, 6.07) is 9.46. The average Bonchev–Trinajstić information content (AvgIpc) is 2.54. The van der Waals surface area contributed by atoms with Crippen LogP contribution in [0.5, 0.6) is 0 Å². The first-order chi connectivity index (χ1) is 12.4. The van der Waals surface area contributed by atoms with Gasteiger partial charge in [-0.3, -0.25) is 4.79 Å². The number of carbonyl (C=O) groups is 1. The van der Waals surface area contributed by atoms with Crippen LogP contribution in [0.25, 0.3) is 0 Å². The van der Waals surface area contributed by atoms with E-state index in [1.165, 1.54) is 30.4 Å². The molecule has 3 nitrogen and oxygen atoms in total. The maximum Gasteiger partial charge on any atom is 0.439 e. The number of anilines is 1. The first kappa shape index (κ1) is 20.9. The summed E-state index contributed by atoms with van der Waals surface area (Å²) in [5.41, 5.74) is -5.32. The van der Waals surface area contributed by atoms with E-state index in [9.17, 15) is 31.1 Å². The second kappa shape index (κ2) is 7.30. The van der Waals surface area contributed by atoms with Gasteiger partial charge in [-0.15, -0.1) is 0 Å². The maximum absolute atomic E-state index is 13.6. The number of hydrogen-bond acceptors (Lipinski definition) is 2. The van der Waals surface area contributed by atoms with Gasteiger partial charge in [0.15, 0.2) is 0 Å². The van der Waals surface area contributed by atoms with Gasteiger partial charge in [-0.25, -0.2) is 0 Å². The molecular weight excluding hydrogens is 398 g/mol. The molecule has 2 rings (SSSR count). The minimum Gasteiger partial charge on any atom is -0.348 e. The zero-order valence-electron chi connectivity index (χ0n) is 13.7. The van der Waals surface area contributed by atoms with E-state index in [0.717, 1.165) is 35.6 Å². The molecule has 2 aromatic carbocycles. The van der Waals surface area contributed by atoms with Crippen LogP contribution in [0.2, 0.25) is 5.02 Å². The Morgan fingerprint density at radius 3 is 1.89 bits per heavy atom. The summed E-state index contributed by atoms with van der Waals surface area (Å²) >= 11 is 5.60. The molecule has 0 spiro atoms. The monoisotopic (exact) mass is 410 g/mol. The molecule has 1 amide bonds. The Bertz CT molecular complexity index is 803. The molecule has 0 aliphatic heterocycles. The number of aryl methyl sites for hydroxylation is 1. The SMILES string of the molecule is Cc1ccccc1C(=O)NC(Nc1ccc(Cl)cc1)(C(F)(F)F)C(F)(F)F. The highest BCUT2D eigenvalue weighted by atomic mass is 35.5. The Morgan fingerprint density at radius 2 is 1.41 bits per heavy atom. The van der Waals surface area contributed by atoms with Gasteiger partial charge in [0.1, 0.15) is 0 Å². The van der Waals surface area contributed by atoms with Crippen LogP contribution in [0.3, 0.4) is 0 Å². The van der Waals surface area contributed by atoms with Gasteiger partial charge >= 0.3 is 18.0 Å². The van der Waals surface area contributed by atoms with Crippen LogP contribution >= 0.6 is 11.6 Å². The molecule has 0 bridgehead atoms. The number of alkyl halides is 6. The number of halogens is 7. The Kier molecular flexibility index (Phi) is 5.65. The van der Waals surface area contributed by atoms with E-state index in [1.807, 2.05) is 0 Å². The van der Waals surface area contributed by atoms with Crippen molar-refractivity contribution in [1.82, 2.24) is 5.32 Å². The number of rotatable bonds is 4. The number of amides is 1. The van der Waals surface area contributed by atoms with Crippen molar-refractivity contribution in [2.75, 3.05) is 5.32 Å². The van der Waals surface area contributed by atoms with Gasteiger partial charge in [0.25, 0.3) is 5.91 Å². The smallest absolute Gasteiger partial charge is 0.348 e. The fraction of sp³-hybridized carbons (Fsp3) is 0.235. The Labute approximate surface area is 155 Å². The van der Waals surface area contributed by atoms with Crippen LogP contribution in [0.15, 0.2) is 48.5 Å². The van der Waals surface area contributed by atoms with Crippen LogP contribution in [-0.2, 0) is 0 Å². The molecule has 0 saturated carbocycles. The number of nitrogens with one attached hydrogen (secondary N) is 2. The molecule has 0 fully saturated rings. The lowest BCUT2D eigenvalue weighted by Gasteiger charge is -2.39. The summed E-state index contributed by atoms with van der Waals surface area (Å²) in [4.78, 5) is 12.2. The third-order valence-electron chi connectivity index (χ3n) is 3.72. The standard InChI is InChI=1S/C17H13ClF6N2O/c1-10-4-2-3-5-13(10)14(27)26-15(16(19,20)21,17(22,23)24)25-12-8-6-11(18)7-9-12/h2-9,25H,1H3,(H,26,27). The summed E-state index contributed by atoms with van der Waals surface area (Å²) in [7, 11) is 0. The van der Waals surface area contributed by atoms with Crippen LogP contribution in [0.1, 0.15) is 15.9 Å². The molecule has 0 aliphatic rings. The number of hydrogen-bond donors (Lipinski definition) is 2. The highest BCUT2D eigenvalue weighted by Gasteiger charge is 2.72. The van der Waals surface area contributed by atoms with Crippen molar-refractivity contribution >= 4 is 23.2 Å². The maximum atomic E-state index is 13.6.